The van der Waals surface area contributed by atoms with Gasteiger partial charge in [0, 0.05) is 6.54 Å². The number of hydrogen-bond donors (Lipinski definition) is 1. The van der Waals surface area contributed by atoms with Gasteiger partial charge in [0.2, 0.25) is 0 Å². The van der Waals surface area contributed by atoms with E-state index in [4.69, 9.17) is 23.2 Å². The molecule has 0 saturated heterocycles. The van der Waals surface area contributed by atoms with Crippen LogP contribution in [0.1, 0.15) is 5.56 Å². The van der Waals surface area contributed by atoms with Crippen LogP contribution in [-0.4, -0.2) is 0 Å². The van der Waals surface area contributed by atoms with E-state index in [-0.39, 0.29) is 27.8 Å². The molecule has 20 heavy (non-hydrogen) atoms. The van der Waals surface area contributed by atoms with E-state index in [0.717, 1.165) is 24.3 Å². The molecule has 7 heteroatoms. The van der Waals surface area contributed by atoms with Crippen LogP contribution in [0.15, 0.2) is 24.3 Å². The monoisotopic (exact) mass is 323 g/mol. The Hall–Kier alpha value is -1.46. The van der Waals surface area contributed by atoms with Crippen molar-refractivity contribution < 1.29 is 17.6 Å². The Balaban J connectivity index is 2.21. The summed E-state index contributed by atoms with van der Waals surface area (Å²) in [4.78, 5) is 0. The first-order valence-electron chi connectivity index (χ1n) is 5.40. The SMILES string of the molecule is Fc1cc(Cl)c(NCc2cc(F)c(F)c(F)c2)c(Cl)c1. The second-order valence-electron chi connectivity index (χ2n) is 3.97. The lowest BCUT2D eigenvalue weighted by atomic mass is 10.2. The van der Waals surface area contributed by atoms with E-state index in [9.17, 15) is 17.6 Å². The van der Waals surface area contributed by atoms with Crippen molar-refractivity contribution in [3.8, 4) is 0 Å². The van der Waals surface area contributed by atoms with Gasteiger partial charge in [0.1, 0.15) is 5.82 Å². The first-order chi connectivity index (χ1) is 9.38. The fourth-order valence-corrected chi connectivity index (χ4v) is 2.21. The second kappa shape index (κ2) is 5.89. The summed E-state index contributed by atoms with van der Waals surface area (Å²) in [5.41, 5.74) is 0.373. The molecule has 0 spiro atoms. The maximum Gasteiger partial charge on any atom is 0.194 e. The molecule has 0 atom stereocenters. The lowest BCUT2D eigenvalue weighted by molar-refractivity contribution is 0.445. The van der Waals surface area contributed by atoms with Gasteiger partial charge in [0.05, 0.1) is 15.7 Å². The molecule has 0 saturated carbocycles. The Kier molecular flexibility index (Phi) is 4.40. The average molecular weight is 324 g/mol. The fourth-order valence-electron chi connectivity index (χ4n) is 1.61. The van der Waals surface area contributed by atoms with Crippen LogP contribution in [0.4, 0.5) is 23.2 Å². The molecule has 0 aromatic heterocycles. The largest absolute Gasteiger partial charge is 0.379 e. The van der Waals surface area contributed by atoms with E-state index >= 15 is 0 Å². The second-order valence-corrected chi connectivity index (χ2v) is 4.79. The van der Waals surface area contributed by atoms with Crippen molar-refractivity contribution in [1.29, 1.82) is 0 Å². The van der Waals surface area contributed by atoms with Crippen molar-refractivity contribution >= 4 is 28.9 Å². The molecule has 2 aromatic carbocycles. The van der Waals surface area contributed by atoms with Crippen LogP contribution in [0, 0.1) is 23.3 Å². The summed E-state index contributed by atoms with van der Waals surface area (Å²) in [7, 11) is 0. The molecule has 1 N–H and O–H groups in total. The van der Waals surface area contributed by atoms with Crippen molar-refractivity contribution in [2.45, 2.75) is 6.54 Å². The highest BCUT2D eigenvalue weighted by molar-refractivity contribution is 6.39. The van der Waals surface area contributed by atoms with E-state index in [1.807, 2.05) is 0 Å². The molecule has 0 fully saturated rings. The van der Waals surface area contributed by atoms with Crippen LogP contribution in [0.25, 0.3) is 0 Å². The molecule has 0 aliphatic heterocycles. The van der Waals surface area contributed by atoms with Crippen LogP contribution in [0.2, 0.25) is 10.0 Å². The molecule has 0 amide bonds. The number of benzene rings is 2. The number of hydrogen-bond acceptors (Lipinski definition) is 1. The third-order valence-corrected chi connectivity index (χ3v) is 3.12. The van der Waals surface area contributed by atoms with E-state index in [0.29, 0.717) is 0 Å². The van der Waals surface area contributed by atoms with Crippen LogP contribution < -0.4 is 5.32 Å². The van der Waals surface area contributed by atoms with Gasteiger partial charge in [-0.05, 0) is 29.8 Å². The Morgan fingerprint density at radius 1 is 0.850 bits per heavy atom. The fraction of sp³-hybridized carbons (Fsp3) is 0.0769. The highest BCUT2D eigenvalue weighted by Crippen LogP contribution is 2.31. The molecule has 0 aliphatic rings. The average Bonchev–Trinajstić information content (AvgIpc) is 2.34. The van der Waals surface area contributed by atoms with Crippen molar-refractivity contribution in [3.63, 3.8) is 0 Å². The van der Waals surface area contributed by atoms with Gasteiger partial charge in [0.15, 0.2) is 17.5 Å². The van der Waals surface area contributed by atoms with Crippen molar-refractivity contribution in [1.82, 2.24) is 0 Å². The summed E-state index contributed by atoms with van der Waals surface area (Å²) < 4.78 is 51.8. The highest BCUT2D eigenvalue weighted by atomic mass is 35.5. The molecule has 0 bridgehead atoms. The number of nitrogens with one attached hydrogen (secondary N) is 1. The summed E-state index contributed by atoms with van der Waals surface area (Å²) in [6, 6.07) is 3.77. The van der Waals surface area contributed by atoms with Gasteiger partial charge < -0.3 is 5.32 Å². The standard InChI is InChI=1S/C13H7Cl2F4N/c14-8-3-7(16)4-9(15)13(8)20-5-6-1-10(17)12(19)11(18)2-6/h1-4,20H,5H2. The van der Waals surface area contributed by atoms with Crippen LogP contribution in [0.5, 0.6) is 0 Å². The van der Waals surface area contributed by atoms with Gasteiger partial charge in [-0.3, -0.25) is 0 Å². The molecule has 0 aliphatic carbocycles. The maximum absolute atomic E-state index is 13.0. The van der Waals surface area contributed by atoms with Crippen LogP contribution in [0.3, 0.4) is 0 Å². The zero-order chi connectivity index (χ0) is 14.9. The quantitative estimate of drug-likeness (QED) is 0.607. The molecule has 1 nitrogen and oxygen atoms in total. The minimum absolute atomic E-state index is 0.0260. The van der Waals surface area contributed by atoms with Gasteiger partial charge in [-0.1, -0.05) is 23.2 Å². The summed E-state index contributed by atoms with van der Waals surface area (Å²) in [5, 5.41) is 2.76. The Morgan fingerprint density at radius 3 is 1.85 bits per heavy atom. The number of halogens is 6. The Morgan fingerprint density at radius 2 is 1.35 bits per heavy atom. The Bertz CT molecular complexity index is 615. The Labute approximate surface area is 122 Å². The van der Waals surface area contributed by atoms with E-state index in [2.05, 4.69) is 5.32 Å². The number of rotatable bonds is 3. The lowest BCUT2D eigenvalue weighted by Gasteiger charge is -2.11. The maximum atomic E-state index is 13.0. The van der Waals surface area contributed by atoms with Gasteiger partial charge >= 0.3 is 0 Å². The third kappa shape index (κ3) is 3.16. The first-order valence-corrected chi connectivity index (χ1v) is 6.16. The van der Waals surface area contributed by atoms with Crippen LogP contribution >= 0.6 is 23.2 Å². The smallest absolute Gasteiger partial charge is 0.194 e. The predicted molar refractivity (Wildman–Crippen MR) is 70.1 cm³/mol. The van der Waals surface area contributed by atoms with Gasteiger partial charge in [0.25, 0.3) is 0 Å². The molecule has 0 heterocycles. The molecule has 0 unspecified atom stereocenters. The van der Waals surface area contributed by atoms with E-state index < -0.39 is 23.3 Å². The van der Waals surface area contributed by atoms with E-state index in [1.165, 1.54) is 0 Å². The number of anilines is 1. The van der Waals surface area contributed by atoms with Gasteiger partial charge in [-0.25, -0.2) is 17.6 Å². The van der Waals surface area contributed by atoms with Crippen molar-refractivity contribution in [3.05, 3.63) is 63.1 Å². The molecule has 106 valence electrons. The van der Waals surface area contributed by atoms with Gasteiger partial charge in [-0.2, -0.15) is 0 Å². The summed E-state index contributed by atoms with van der Waals surface area (Å²) in [5.74, 6) is -4.73. The molecule has 2 aromatic rings. The van der Waals surface area contributed by atoms with Gasteiger partial charge in [-0.15, -0.1) is 0 Å². The summed E-state index contributed by atoms with van der Waals surface area (Å²) >= 11 is 11.6. The first kappa shape index (κ1) is 14.9. The minimum atomic E-state index is -1.54. The summed E-state index contributed by atoms with van der Waals surface area (Å²) in [6.07, 6.45) is 0. The third-order valence-electron chi connectivity index (χ3n) is 2.52. The zero-order valence-electron chi connectivity index (χ0n) is 9.78. The van der Waals surface area contributed by atoms with Crippen molar-refractivity contribution in [2.75, 3.05) is 5.32 Å². The molecular formula is C13H7Cl2F4N. The minimum Gasteiger partial charge on any atom is -0.379 e. The topological polar surface area (TPSA) is 12.0 Å². The lowest BCUT2D eigenvalue weighted by Crippen LogP contribution is -2.03. The summed E-state index contributed by atoms with van der Waals surface area (Å²) in [6.45, 7) is -0.0564. The highest BCUT2D eigenvalue weighted by Gasteiger charge is 2.12. The normalized spacial score (nSPS) is 10.7. The molecule has 2 rings (SSSR count). The zero-order valence-corrected chi connectivity index (χ0v) is 11.3. The predicted octanol–water partition coefficient (Wildman–Crippen LogP) is 5.16. The van der Waals surface area contributed by atoms with Crippen molar-refractivity contribution in [2.24, 2.45) is 0 Å². The molecule has 0 radical (unpaired) electrons. The molecular weight excluding hydrogens is 317 g/mol. The van der Waals surface area contributed by atoms with E-state index in [1.54, 1.807) is 0 Å². The van der Waals surface area contributed by atoms with Crippen LogP contribution in [-0.2, 0) is 6.54 Å².